The number of hydrogen-bond donors (Lipinski definition) is 0. The molecule has 0 bridgehead atoms. The van der Waals surface area contributed by atoms with Crippen molar-refractivity contribution in [2.75, 3.05) is 14.2 Å². The van der Waals surface area contributed by atoms with Crippen molar-refractivity contribution in [2.45, 2.75) is 26.1 Å². The molecule has 2 amide bonds. The first-order chi connectivity index (χ1) is 10.4. The summed E-state index contributed by atoms with van der Waals surface area (Å²) < 4.78 is 22.9. The third kappa shape index (κ3) is 2.74. The molecule has 6 nitrogen and oxygen atoms in total. The molecule has 1 heterocycles. The Balaban J connectivity index is 2.48. The Kier molecular flexibility index (Phi) is 4.85. The van der Waals surface area contributed by atoms with Gasteiger partial charge in [0.2, 0.25) is 0 Å². The number of fused-ring (bicyclic) bond motifs is 1. The Morgan fingerprint density at radius 3 is 1.86 bits per heavy atom. The van der Waals surface area contributed by atoms with Crippen LogP contribution in [0.3, 0.4) is 0 Å². The van der Waals surface area contributed by atoms with E-state index in [0.29, 0.717) is 17.5 Å². The van der Waals surface area contributed by atoms with Crippen LogP contribution in [0.4, 0.5) is 0 Å². The largest absolute Gasteiger partial charge is 0.352 e. The highest BCUT2D eigenvalue weighted by Gasteiger charge is 2.48. The highest BCUT2D eigenvalue weighted by Crippen LogP contribution is 2.56. The third-order valence-electron chi connectivity index (χ3n) is 3.68. The Hall–Kier alpha value is -1.49. The van der Waals surface area contributed by atoms with Crippen LogP contribution >= 0.6 is 7.60 Å². The van der Waals surface area contributed by atoms with Gasteiger partial charge in [0.15, 0.2) is 0 Å². The van der Waals surface area contributed by atoms with Crippen LogP contribution in [-0.4, -0.2) is 36.7 Å². The van der Waals surface area contributed by atoms with E-state index >= 15 is 0 Å². The monoisotopic (exact) mass is 325 g/mol. The standard InChI is InChI=1S/C15H20NO5P/c1-10(2)9-13(22(19,20-3)21-4)16-14(17)11-7-5-6-8-12(11)15(16)18/h5-8,10,13H,9H2,1-4H3. The molecular weight excluding hydrogens is 305 g/mol. The highest BCUT2D eigenvalue weighted by molar-refractivity contribution is 7.54. The first kappa shape index (κ1) is 16.9. The van der Waals surface area contributed by atoms with Gasteiger partial charge in [-0.25, -0.2) is 0 Å². The van der Waals surface area contributed by atoms with Gasteiger partial charge < -0.3 is 9.05 Å². The van der Waals surface area contributed by atoms with E-state index in [0.717, 1.165) is 4.90 Å². The zero-order valence-electron chi connectivity index (χ0n) is 13.1. The first-order valence-corrected chi connectivity index (χ1v) is 8.65. The number of rotatable bonds is 6. The van der Waals surface area contributed by atoms with E-state index in [-0.39, 0.29) is 5.92 Å². The van der Waals surface area contributed by atoms with Crippen LogP contribution in [0.15, 0.2) is 24.3 Å². The van der Waals surface area contributed by atoms with Crippen molar-refractivity contribution < 1.29 is 23.2 Å². The van der Waals surface area contributed by atoms with Crippen molar-refractivity contribution in [1.82, 2.24) is 4.90 Å². The van der Waals surface area contributed by atoms with Gasteiger partial charge in [-0.05, 0) is 24.5 Å². The first-order valence-electron chi connectivity index (χ1n) is 7.03. The zero-order chi connectivity index (χ0) is 16.5. The molecule has 0 saturated carbocycles. The van der Waals surface area contributed by atoms with Gasteiger partial charge in [-0.3, -0.25) is 19.1 Å². The van der Waals surface area contributed by atoms with E-state index in [2.05, 4.69) is 0 Å². The number of hydrogen-bond acceptors (Lipinski definition) is 5. The van der Waals surface area contributed by atoms with E-state index in [4.69, 9.17) is 9.05 Å². The molecule has 0 N–H and O–H groups in total. The lowest BCUT2D eigenvalue weighted by Crippen LogP contribution is -2.41. The predicted molar refractivity (Wildman–Crippen MR) is 81.8 cm³/mol. The molecule has 120 valence electrons. The van der Waals surface area contributed by atoms with Gasteiger partial charge in [-0.1, -0.05) is 26.0 Å². The van der Waals surface area contributed by atoms with E-state index < -0.39 is 25.2 Å². The van der Waals surface area contributed by atoms with Crippen LogP contribution in [-0.2, 0) is 13.6 Å². The van der Waals surface area contributed by atoms with Crippen LogP contribution in [0.5, 0.6) is 0 Å². The molecule has 2 rings (SSSR count). The van der Waals surface area contributed by atoms with Crippen molar-refractivity contribution >= 4 is 19.4 Å². The van der Waals surface area contributed by atoms with Gasteiger partial charge in [0, 0.05) is 14.2 Å². The Labute approximate surface area is 129 Å². The van der Waals surface area contributed by atoms with E-state index in [1.54, 1.807) is 24.3 Å². The van der Waals surface area contributed by atoms with Crippen molar-refractivity contribution in [1.29, 1.82) is 0 Å². The van der Waals surface area contributed by atoms with Gasteiger partial charge in [0.05, 0.1) is 11.1 Å². The fraction of sp³-hybridized carbons (Fsp3) is 0.467. The second-order valence-corrected chi connectivity index (χ2v) is 7.95. The Morgan fingerprint density at radius 1 is 1.05 bits per heavy atom. The minimum absolute atomic E-state index is 0.105. The summed E-state index contributed by atoms with van der Waals surface area (Å²) in [6.45, 7) is 3.83. The topological polar surface area (TPSA) is 72.9 Å². The average molecular weight is 325 g/mol. The molecule has 22 heavy (non-hydrogen) atoms. The van der Waals surface area contributed by atoms with E-state index in [1.165, 1.54) is 14.2 Å². The van der Waals surface area contributed by atoms with Gasteiger partial charge in [0.25, 0.3) is 11.8 Å². The van der Waals surface area contributed by atoms with Gasteiger partial charge >= 0.3 is 7.60 Å². The molecule has 0 fully saturated rings. The minimum Gasteiger partial charge on any atom is -0.310 e. The predicted octanol–water partition coefficient (Wildman–Crippen LogP) is 3.14. The molecule has 0 aromatic heterocycles. The van der Waals surface area contributed by atoms with Crippen LogP contribution in [0.2, 0.25) is 0 Å². The lowest BCUT2D eigenvalue weighted by Gasteiger charge is -2.31. The molecule has 1 aromatic carbocycles. The molecule has 1 aromatic rings. The smallest absolute Gasteiger partial charge is 0.310 e. The quantitative estimate of drug-likeness (QED) is 0.593. The summed E-state index contributed by atoms with van der Waals surface area (Å²) in [5, 5.41) is 0. The lowest BCUT2D eigenvalue weighted by atomic mass is 10.1. The molecule has 1 aliphatic heterocycles. The number of carbonyl (C=O) groups excluding carboxylic acids is 2. The second-order valence-electron chi connectivity index (χ2n) is 5.54. The summed E-state index contributed by atoms with van der Waals surface area (Å²) in [5.74, 6) is -1.75. The molecule has 0 radical (unpaired) electrons. The molecule has 1 aliphatic rings. The molecule has 0 aliphatic carbocycles. The highest BCUT2D eigenvalue weighted by atomic mass is 31.2. The maximum absolute atomic E-state index is 12.8. The molecular formula is C15H20NO5P. The lowest BCUT2D eigenvalue weighted by molar-refractivity contribution is 0.0593. The Bertz CT molecular complexity index is 600. The molecule has 1 unspecified atom stereocenters. The number of nitrogens with zero attached hydrogens (tertiary/aromatic N) is 1. The zero-order valence-corrected chi connectivity index (χ0v) is 14.0. The SMILES string of the molecule is COP(=O)(OC)C(CC(C)C)N1C(=O)c2ccccc2C1=O. The van der Waals surface area contributed by atoms with Gasteiger partial charge in [-0.2, -0.15) is 0 Å². The van der Waals surface area contributed by atoms with E-state index in [9.17, 15) is 14.2 Å². The summed E-state index contributed by atoms with van der Waals surface area (Å²) in [5.41, 5.74) is 0.639. The van der Waals surface area contributed by atoms with Crippen molar-refractivity contribution in [3.63, 3.8) is 0 Å². The Morgan fingerprint density at radius 2 is 1.50 bits per heavy atom. The fourth-order valence-corrected chi connectivity index (χ4v) is 4.40. The van der Waals surface area contributed by atoms with Crippen molar-refractivity contribution in [3.05, 3.63) is 35.4 Å². The maximum atomic E-state index is 12.8. The van der Waals surface area contributed by atoms with Crippen molar-refractivity contribution in [2.24, 2.45) is 5.92 Å². The number of carbonyl (C=O) groups is 2. The average Bonchev–Trinajstić information content (AvgIpc) is 2.76. The van der Waals surface area contributed by atoms with Crippen LogP contribution < -0.4 is 0 Å². The van der Waals surface area contributed by atoms with Gasteiger partial charge in [-0.15, -0.1) is 0 Å². The molecule has 0 spiro atoms. The maximum Gasteiger partial charge on any atom is 0.352 e. The normalized spacial score (nSPS) is 16.3. The number of benzene rings is 1. The van der Waals surface area contributed by atoms with Crippen molar-refractivity contribution in [3.8, 4) is 0 Å². The van der Waals surface area contributed by atoms with Crippen LogP contribution in [0.25, 0.3) is 0 Å². The van der Waals surface area contributed by atoms with Crippen LogP contribution in [0.1, 0.15) is 41.0 Å². The number of imide groups is 1. The number of amides is 2. The second kappa shape index (κ2) is 6.32. The minimum atomic E-state index is -3.61. The summed E-state index contributed by atoms with van der Waals surface area (Å²) >= 11 is 0. The van der Waals surface area contributed by atoms with Gasteiger partial charge in [0.1, 0.15) is 5.78 Å². The molecule has 1 atom stereocenters. The summed E-state index contributed by atoms with van der Waals surface area (Å²) in [7, 11) is -1.09. The van der Waals surface area contributed by atoms with E-state index in [1.807, 2.05) is 13.8 Å². The summed E-state index contributed by atoms with van der Waals surface area (Å²) in [6, 6.07) is 6.56. The molecule has 0 saturated heterocycles. The third-order valence-corrected chi connectivity index (χ3v) is 5.87. The molecule has 7 heteroatoms. The van der Waals surface area contributed by atoms with Crippen LogP contribution in [0, 0.1) is 5.92 Å². The summed E-state index contributed by atoms with van der Waals surface area (Å²) in [4.78, 5) is 26.2. The fourth-order valence-electron chi connectivity index (χ4n) is 2.59. The summed E-state index contributed by atoms with van der Waals surface area (Å²) in [6.07, 6.45) is 0.338.